The van der Waals surface area contributed by atoms with Crippen molar-refractivity contribution in [2.45, 2.75) is 20.3 Å². The van der Waals surface area contributed by atoms with Gasteiger partial charge in [-0.2, -0.15) is 0 Å². The average molecular weight is 326 g/mol. The lowest BCUT2D eigenvalue weighted by Gasteiger charge is -2.04. The van der Waals surface area contributed by atoms with Gasteiger partial charge < -0.3 is 10.2 Å². The van der Waals surface area contributed by atoms with Gasteiger partial charge in [-0.1, -0.05) is 67.6 Å². The van der Waals surface area contributed by atoms with E-state index in [1.807, 2.05) is 60.7 Å². The molecule has 24 heavy (non-hydrogen) atoms. The van der Waals surface area contributed by atoms with Crippen molar-refractivity contribution in [1.82, 2.24) is 0 Å². The Bertz CT molecular complexity index is 675. The molecule has 0 heterocycles. The summed E-state index contributed by atoms with van der Waals surface area (Å²) in [6, 6.07) is 19.0. The van der Waals surface area contributed by atoms with Crippen LogP contribution in [-0.4, -0.2) is 22.2 Å². The molecule has 0 bridgehead atoms. The Morgan fingerprint density at radius 1 is 0.958 bits per heavy atom. The molecular formula is C20H22O4. The molecule has 0 fully saturated rings. The molecule has 2 aromatic carbocycles. The fraction of sp³-hybridized carbons (Fsp3) is 0.200. The standard InChI is InChI=1S/C10H12O2.C10H10O2/c2*1-8(10(11)12)7-9-5-3-2-4-6-9/h2-6,8H,7H2,1H3,(H,11,12);2-7H,1H3,(H,11,12)/b;8-7+. The lowest BCUT2D eigenvalue weighted by molar-refractivity contribution is -0.141. The number of aliphatic carboxylic acids is 2. The largest absolute Gasteiger partial charge is 0.481 e. The minimum absolute atomic E-state index is 0.299. The first-order valence-electron chi connectivity index (χ1n) is 7.63. The molecule has 2 aromatic rings. The van der Waals surface area contributed by atoms with E-state index < -0.39 is 11.9 Å². The minimum Gasteiger partial charge on any atom is -0.481 e. The van der Waals surface area contributed by atoms with Crippen molar-refractivity contribution in [3.63, 3.8) is 0 Å². The van der Waals surface area contributed by atoms with E-state index in [9.17, 15) is 9.59 Å². The Hall–Kier alpha value is -2.88. The van der Waals surface area contributed by atoms with Crippen LogP contribution in [0.1, 0.15) is 25.0 Å². The molecule has 0 spiro atoms. The molecule has 4 nitrogen and oxygen atoms in total. The van der Waals surface area contributed by atoms with Crippen LogP contribution < -0.4 is 0 Å². The second-order valence-electron chi connectivity index (χ2n) is 5.47. The maximum Gasteiger partial charge on any atom is 0.331 e. The molecule has 0 aliphatic heterocycles. The molecule has 2 N–H and O–H groups in total. The van der Waals surface area contributed by atoms with Crippen LogP contribution in [0.15, 0.2) is 66.2 Å². The van der Waals surface area contributed by atoms with Crippen molar-refractivity contribution in [2.24, 2.45) is 5.92 Å². The topological polar surface area (TPSA) is 74.6 Å². The lowest BCUT2D eigenvalue weighted by atomic mass is 10.0. The monoisotopic (exact) mass is 326 g/mol. The zero-order valence-corrected chi connectivity index (χ0v) is 13.8. The Kier molecular flexibility index (Phi) is 7.99. The second kappa shape index (κ2) is 10.0. The van der Waals surface area contributed by atoms with Crippen LogP contribution in [0.3, 0.4) is 0 Å². The van der Waals surface area contributed by atoms with Crippen molar-refractivity contribution in [3.8, 4) is 0 Å². The summed E-state index contributed by atoms with van der Waals surface area (Å²) < 4.78 is 0. The molecule has 0 amide bonds. The molecule has 126 valence electrons. The molecule has 0 aromatic heterocycles. The van der Waals surface area contributed by atoms with Crippen LogP contribution in [0.2, 0.25) is 0 Å². The summed E-state index contributed by atoms with van der Waals surface area (Å²) in [6.45, 7) is 3.30. The highest BCUT2D eigenvalue weighted by molar-refractivity contribution is 5.91. The zero-order chi connectivity index (χ0) is 17.9. The fourth-order valence-electron chi connectivity index (χ4n) is 1.92. The number of carboxylic acid groups (broad SMARTS) is 2. The van der Waals surface area contributed by atoms with Crippen LogP contribution in [0.25, 0.3) is 6.08 Å². The van der Waals surface area contributed by atoms with E-state index in [0.29, 0.717) is 12.0 Å². The fourth-order valence-corrected chi connectivity index (χ4v) is 1.92. The van der Waals surface area contributed by atoms with Gasteiger partial charge in [-0.15, -0.1) is 0 Å². The van der Waals surface area contributed by atoms with Crippen molar-refractivity contribution in [1.29, 1.82) is 0 Å². The normalized spacial score (nSPS) is 11.8. The molecule has 1 unspecified atom stereocenters. The van der Waals surface area contributed by atoms with Crippen molar-refractivity contribution in [3.05, 3.63) is 77.4 Å². The van der Waals surface area contributed by atoms with Gasteiger partial charge in [0.05, 0.1) is 5.92 Å². The molecule has 0 saturated carbocycles. The molecule has 1 atom stereocenters. The van der Waals surface area contributed by atoms with Crippen molar-refractivity contribution in [2.75, 3.05) is 0 Å². The van der Waals surface area contributed by atoms with Gasteiger partial charge in [0.1, 0.15) is 0 Å². The van der Waals surface area contributed by atoms with Crippen LogP contribution in [0.4, 0.5) is 0 Å². The third-order valence-corrected chi connectivity index (χ3v) is 3.33. The van der Waals surface area contributed by atoms with Gasteiger partial charge in [0.25, 0.3) is 0 Å². The molecule has 4 heteroatoms. The van der Waals surface area contributed by atoms with E-state index in [-0.39, 0.29) is 5.92 Å². The first-order valence-corrected chi connectivity index (χ1v) is 7.63. The Balaban J connectivity index is 0.000000240. The van der Waals surface area contributed by atoms with Crippen molar-refractivity contribution < 1.29 is 19.8 Å². The molecule has 0 aliphatic rings. The van der Waals surface area contributed by atoms with E-state index in [4.69, 9.17) is 10.2 Å². The molecule has 0 radical (unpaired) electrons. The lowest BCUT2D eigenvalue weighted by Crippen LogP contribution is -2.11. The molecule has 0 aliphatic carbocycles. The smallest absolute Gasteiger partial charge is 0.331 e. The van der Waals surface area contributed by atoms with Gasteiger partial charge >= 0.3 is 11.9 Å². The van der Waals surface area contributed by atoms with Gasteiger partial charge in [0.15, 0.2) is 0 Å². The van der Waals surface area contributed by atoms with E-state index in [1.54, 1.807) is 19.9 Å². The summed E-state index contributed by atoms with van der Waals surface area (Å²) in [7, 11) is 0. The quantitative estimate of drug-likeness (QED) is 0.810. The number of hydrogen-bond acceptors (Lipinski definition) is 2. The Labute approximate surface area is 142 Å². The Morgan fingerprint density at radius 3 is 1.92 bits per heavy atom. The van der Waals surface area contributed by atoms with Gasteiger partial charge in [-0.25, -0.2) is 4.79 Å². The first kappa shape index (κ1) is 19.2. The summed E-state index contributed by atoms with van der Waals surface area (Å²) in [5.74, 6) is -1.91. The average Bonchev–Trinajstić information content (AvgIpc) is 2.57. The maximum absolute atomic E-state index is 10.5. The highest BCUT2D eigenvalue weighted by Crippen LogP contribution is 2.07. The Morgan fingerprint density at radius 2 is 1.46 bits per heavy atom. The number of hydrogen-bond donors (Lipinski definition) is 2. The molecule has 0 saturated heterocycles. The van der Waals surface area contributed by atoms with Crippen LogP contribution in [-0.2, 0) is 16.0 Å². The van der Waals surface area contributed by atoms with Gasteiger partial charge in [0.2, 0.25) is 0 Å². The number of carboxylic acids is 2. The molecular weight excluding hydrogens is 304 g/mol. The third-order valence-electron chi connectivity index (χ3n) is 3.33. The van der Waals surface area contributed by atoms with Gasteiger partial charge in [-0.05, 0) is 30.5 Å². The predicted molar refractivity (Wildman–Crippen MR) is 94.7 cm³/mol. The van der Waals surface area contributed by atoms with Crippen LogP contribution >= 0.6 is 0 Å². The molecule has 2 rings (SSSR count). The number of benzene rings is 2. The second-order valence-corrected chi connectivity index (χ2v) is 5.47. The van der Waals surface area contributed by atoms with Crippen molar-refractivity contribution >= 4 is 18.0 Å². The van der Waals surface area contributed by atoms with Crippen LogP contribution in [0.5, 0.6) is 0 Å². The highest BCUT2D eigenvalue weighted by Gasteiger charge is 2.10. The highest BCUT2D eigenvalue weighted by atomic mass is 16.4. The van der Waals surface area contributed by atoms with Gasteiger partial charge in [-0.3, -0.25) is 4.79 Å². The van der Waals surface area contributed by atoms with Crippen LogP contribution in [0, 0.1) is 5.92 Å². The zero-order valence-electron chi connectivity index (χ0n) is 13.8. The number of rotatable bonds is 5. The summed E-state index contributed by atoms with van der Waals surface area (Å²) in [6.07, 6.45) is 2.25. The SMILES string of the molecule is C/C(=C\c1ccccc1)C(=O)O.CC(Cc1ccccc1)C(=O)O. The van der Waals surface area contributed by atoms with Gasteiger partial charge in [0, 0.05) is 5.57 Å². The summed E-state index contributed by atoms with van der Waals surface area (Å²) >= 11 is 0. The maximum atomic E-state index is 10.5. The predicted octanol–water partition coefficient (Wildman–Crippen LogP) is 4.12. The summed E-state index contributed by atoms with van der Waals surface area (Å²) in [5, 5.41) is 17.2. The third kappa shape index (κ3) is 7.40. The van der Waals surface area contributed by atoms with E-state index >= 15 is 0 Å². The summed E-state index contributed by atoms with van der Waals surface area (Å²) in [5.41, 5.74) is 2.34. The van der Waals surface area contributed by atoms with E-state index in [2.05, 4.69) is 0 Å². The number of carbonyl (C=O) groups is 2. The van der Waals surface area contributed by atoms with E-state index in [0.717, 1.165) is 11.1 Å². The van der Waals surface area contributed by atoms with E-state index in [1.165, 1.54) is 0 Å². The minimum atomic E-state index is -0.876. The first-order chi connectivity index (χ1) is 11.4. The summed E-state index contributed by atoms with van der Waals surface area (Å²) in [4.78, 5) is 20.9.